The maximum absolute atomic E-state index is 4.49. The predicted molar refractivity (Wildman–Crippen MR) is 64.3 cm³/mol. The monoisotopic (exact) mass is 224 g/mol. The summed E-state index contributed by atoms with van der Waals surface area (Å²) >= 11 is 1.97. The van der Waals surface area contributed by atoms with Crippen LogP contribution in [0.15, 0.2) is 12.3 Å². The average Bonchev–Trinajstić information content (AvgIpc) is 2.30. The molecule has 1 aromatic heterocycles. The Kier molecular flexibility index (Phi) is 3.43. The van der Waals surface area contributed by atoms with Crippen molar-refractivity contribution in [1.82, 2.24) is 14.9 Å². The molecule has 1 aliphatic heterocycles. The van der Waals surface area contributed by atoms with E-state index in [0.717, 1.165) is 23.9 Å². The van der Waals surface area contributed by atoms with Gasteiger partial charge in [0.2, 0.25) is 0 Å². The molecule has 0 aromatic carbocycles. The van der Waals surface area contributed by atoms with E-state index in [1.54, 1.807) is 0 Å². The predicted octanol–water partition coefficient (Wildman–Crippen LogP) is 1.24. The van der Waals surface area contributed by atoms with Crippen LogP contribution in [0.25, 0.3) is 0 Å². The van der Waals surface area contributed by atoms with Crippen molar-refractivity contribution in [3.8, 4) is 0 Å². The lowest BCUT2D eigenvalue weighted by Gasteiger charge is -2.30. The standard InChI is InChI=1S/C10H16N4S/c1-11-9-3-4-12-10(13-9)8-7-15-6-5-14(8)2/h3-4,8H,5-7H2,1-2H3,(H,11,12,13). The highest BCUT2D eigenvalue weighted by molar-refractivity contribution is 7.99. The summed E-state index contributed by atoms with van der Waals surface area (Å²) in [4.78, 5) is 11.2. The maximum Gasteiger partial charge on any atom is 0.148 e. The summed E-state index contributed by atoms with van der Waals surface area (Å²) in [6, 6.07) is 2.25. The Bertz CT molecular complexity index is 331. The van der Waals surface area contributed by atoms with Gasteiger partial charge in [0.1, 0.15) is 11.6 Å². The Morgan fingerprint density at radius 3 is 3.20 bits per heavy atom. The molecule has 0 radical (unpaired) electrons. The van der Waals surface area contributed by atoms with Crippen LogP contribution in [0.5, 0.6) is 0 Å². The third-order valence-electron chi connectivity index (χ3n) is 2.62. The SMILES string of the molecule is CNc1ccnc(C2CSCCN2C)n1. The number of anilines is 1. The Hall–Kier alpha value is -0.810. The summed E-state index contributed by atoms with van der Waals surface area (Å²) in [5, 5.41) is 3.04. The molecule has 1 aliphatic rings. The van der Waals surface area contributed by atoms with Crippen LogP contribution in [-0.4, -0.2) is 47.0 Å². The van der Waals surface area contributed by atoms with Gasteiger partial charge in [0.05, 0.1) is 6.04 Å². The second-order valence-electron chi connectivity index (χ2n) is 3.62. The van der Waals surface area contributed by atoms with Crippen LogP contribution in [0.4, 0.5) is 5.82 Å². The van der Waals surface area contributed by atoms with Gasteiger partial charge in [-0.2, -0.15) is 11.8 Å². The summed E-state index contributed by atoms with van der Waals surface area (Å²) in [6.07, 6.45) is 1.82. The van der Waals surface area contributed by atoms with Crippen LogP contribution >= 0.6 is 11.8 Å². The topological polar surface area (TPSA) is 41.1 Å². The van der Waals surface area contributed by atoms with Crippen LogP contribution in [0.2, 0.25) is 0 Å². The molecule has 1 N–H and O–H groups in total. The van der Waals surface area contributed by atoms with Crippen molar-refractivity contribution in [2.45, 2.75) is 6.04 Å². The van der Waals surface area contributed by atoms with Gasteiger partial charge in [-0.15, -0.1) is 0 Å². The molecule has 5 heteroatoms. The molecule has 1 aromatic rings. The van der Waals surface area contributed by atoms with E-state index in [-0.39, 0.29) is 0 Å². The largest absolute Gasteiger partial charge is 0.373 e. The van der Waals surface area contributed by atoms with Crippen molar-refractivity contribution in [1.29, 1.82) is 0 Å². The summed E-state index contributed by atoms with van der Waals surface area (Å²) < 4.78 is 0. The van der Waals surface area contributed by atoms with Crippen LogP contribution in [0.3, 0.4) is 0 Å². The zero-order valence-corrected chi connectivity index (χ0v) is 9.92. The second kappa shape index (κ2) is 4.81. The first kappa shape index (κ1) is 10.7. The molecule has 0 spiro atoms. The lowest BCUT2D eigenvalue weighted by Crippen LogP contribution is -2.33. The molecule has 2 rings (SSSR count). The highest BCUT2D eigenvalue weighted by atomic mass is 32.2. The second-order valence-corrected chi connectivity index (χ2v) is 4.77. The Morgan fingerprint density at radius 2 is 2.47 bits per heavy atom. The molecule has 0 aliphatic carbocycles. The van der Waals surface area contributed by atoms with Gasteiger partial charge in [-0.1, -0.05) is 0 Å². The number of hydrogen-bond donors (Lipinski definition) is 1. The van der Waals surface area contributed by atoms with Crippen molar-refractivity contribution >= 4 is 17.6 Å². The van der Waals surface area contributed by atoms with E-state index in [1.807, 2.05) is 31.1 Å². The fourth-order valence-electron chi connectivity index (χ4n) is 1.63. The number of rotatable bonds is 2. The molecule has 1 atom stereocenters. The van der Waals surface area contributed by atoms with E-state index in [0.29, 0.717) is 6.04 Å². The van der Waals surface area contributed by atoms with Gasteiger partial charge in [0, 0.05) is 31.3 Å². The molecule has 82 valence electrons. The third kappa shape index (κ3) is 2.41. The third-order valence-corrected chi connectivity index (χ3v) is 3.65. The quantitative estimate of drug-likeness (QED) is 0.818. The van der Waals surface area contributed by atoms with Crippen molar-refractivity contribution in [2.24, 2.45) is 0 Å². The lowest BCUT2D eigenvalue weighted by atomic mass is 10.2. The van der Waals surface area contributed by atoms with Gasteiger partial charge in [0.25, 0.3) is 0 Å². The van der Waals surface area contributed by atoms with Crippen molar-refractivity contribution in [2.75, 3.05) is 37.5 Å². The van der Waals surface area contributed by atoms with Crippen LogP contribution in [-0.2, 0) is 0 Å². The summed E-state index contributed by atoms with van der Waals surface area (Å²) in [5.41, 5.74) is 0. The molecule has 0 saturated carbocycles. The molecule has 4 nitrogen and oxygen atoms in total. The Labute approximate surface area is 94.5 Å². The molecule has 2 heterocycles. The summed E-state index contributed by atoms with van der Waals surface area (Å²) in [6.45, 7) is 1.11. The van der Waals surface area contributed by atoms with Crippen molar-refractivity contribution in [3.63, 3.8) is 0 Å². The van der Waals surface area contributed by atoms with E-state index in [1.165, 1.54) is 5.75 Å². The molecule has 1 saturated heterocycles. The highest BCUT2D eigenvalue weighted by Gasteiger charge is 2.23. The molecule has 0 amide bonds. The molecule has 15 heavy (non-hydrogen) atoms. The van der Waals surface area contributed by atoms with Gasteiger partial charge in [0.15, 0.2) is 0 Å². The van der Waals surface area contributed by atoms with Gasteiger partial charge >= 0.3 is 0 Å². The van der Waals surface area contributed by atoms with Crippen LogP contribution < -0.4 is 5.32 Å². The first-order valence-corrected chi connectivity index (χ1v) is 6.25. The van der Waals surface area contributed by atoms with E-state index in [4.69, 9.17) is 0 Å². The number of nitrogens with zero attached hydrogens (tertiary/aromatic N) is 3. The highest BCUT2D eigenvalue weighted by Crippen LogP contribution is 2.25. The summed E-state index contributed by atoms with van der Waals surface area (Å²) in [5.74, 6) is 4.11. The number of aromatic nitrogens is 2. The van der Waals surface area contributed by atoms with Crippen LogP contribution in [0, 0.1) is 0 Å². The zero-order valence-electron chi connectivity index (χ0n) is 9.10. The van der Waals surface area contributed by atoms with E-state index in [2.05, 4.69) is 27.2 Å². The van der Waals surface area contributed by atoms with E-state index >= 15 is 0 Å². The van der Waals surface area contributed by atoms with Gasteiger partial charge in [-0.05, 0) is 13.1 Å². The number of thioether (sulfide) groups is 1. The Morgan fingerprint density at radius 1 is 1.60 bits per heavy atom. The van der Waals surface area contributed by atoms with Gasteiger partial charge < -0.3 is 5.32 Å². The fourth-order valence-corrected chi connectivity index (χ4v) is 2.84. The first-order valence-electron chi connectivity index (χ1n) is 5.10. The van der Waals surface area contributed by atoms with Crippen LogP contribution in [0.1, 0.15) is 11.9 Å². The smallest absolute Gasteiger partial charge is 0.148 e. The number of nitrogens with one attached hydrogen (secondary N) is 1. The van der Waals surface area contributed by atoms with Gasteiger partial charge in [-0.3, -0.25) is 4.90 Å². The molecular weight excluding hydrogens is 208 g/mol. The minimum absolute atomic E-state index is 0.358. The normalized spacial score (nSPS) is 22.7. The fraction of sp³-hybridized carbons (Fsp3) is 0.600. The average molecular weight is 224 g/mol. The zero-order chi connectivity index (χ0) is 10.7. The maximum atomic E-state index is 4.49. The Balaban J connectivity index is 2.19. The first-order chi connectivity index (χ1) is 7.31. The lowest BCUT2D eigenvalue weighted by molar-refractivity contribution is 0.264. The van der Waals surface area contributed by atoms with Gasteiger partial charge in [-0.25, -0.2) is 9.97 Å². The minimum atomic E-state index is 0.358. The number of hydrogen-bond acceptors (Lipinski definition) is 5. The molecular formula is C10H16N4S. The molecule has 1 unspecified atom stereocenters. The summed E-state index contributed by atoms with van der Waals surface area (Å²) in [7, 11) is 4.02. The van der Waals surface area contributed by atoms with E-state index in [9.17, 15) is 0 Å². The molecule has 0 bridgehead atoms. The van der Waals surface area contributed by atoms with E-state index < -0.39 is 0 Å². The minimum Gasteiger partial charge on any atom is -0.373 e. The van der Waals surface area contributed by atoms with Crippen molar-refractivity contribution < 1.29 is 0 Å². The molecule has 1 fully saturated rings. The van der Waals surface area contributed by atoms with Crippen molar-refractivity contribution in [3.05, 3.63) is 18.1 Å².